The Kier molecular flexibility index (Phi) is 4.64. The molecule has 2 N–H and O–H groups in total. The molecule has 124 valence electrons. The van der Waals surface area contributed by atoms with E-state index in [1.807, 2.05) is 26.0 Å². The molecular weight excluding hydrogens is 306 g/mol. The summed E-state index contributed by atoms with van der Waals surface area (Å²) >= 11 is 0. The van der Waals surface area contributed by atoms with Crippen LogP contribution in [0.25, 0.3) is 5.78 Å². The quantitative estimate of drug-likeness (QED) is 0.666. The number of hydrogen-bond acceptors (Lipinski definition) is 6. The Morgan fingerprint density at radius 3 is 2.96 bits per heavy atom. The molecule has 0 radical (unpaired) electrons. The molecule has 0 saturated carbocycles. The van der Waals surface area contributed by atoms with Crippen LogP contribution in [0.5, 0.6) is 0 Å². The van der Waals surface area contributed by atoms with E-state index in [4.69, 9.17) is 0 Å². The number of aromatic nitrogens is 5. The van der Waals surface area contributed by atoms with Crippen molar-refractivity contribution in [3.05, 3.63) is 48.3 Å². The third-order valence-electron chi connectivity index (χ3n) is 3.50. The topological polar surface area (TPSA) is 97.1 Å². The smallest absolute Gasteiger partial charge is 0.270 e. The Morgan fingerprint density at radius 2 is 2.21 bits per heavy atom. The van der Waals surface area contributed by atoms with E-state index in [9.17, 15) is 4.79 Å². The minimum atomic E-state index is -0.226. The number of nitrogens with one attached hydrogen (secondary N) is 2. The molecule has 3 rings (SSSR count). The third kappa shape index (κ3) is 3.48. The number of pyridine rings is 1. The van der Waals surface area contributed by atoms with Gasteiger partial charge in [0.15, 0.2) is 0 Å². The first-order chi connectivity index (χ1) is 11.6. The molecule has 24 heavy (non-hydrogen) atoms. The number of rotatable bonds is 6. The van der Waals surface area contributed by atoms with Crippen LogP contribution >= 0.6 is 0 Å². The van der Waals surface area contributed by atoms with Gasteiger partial charge in [-0.3, -0.25) is 9.78 Å². The van der Waals surface area contributed by atoms with Crippen molar-refractivity contribution in [2.75, 3.05) is 18.4 Å². The maximum absolute atomic E-state index is 12.3. The van der Waals surface area contributed by atoms with E-state index >= 15 is 0 Å². The maximum Gasteiger partial charge on any atom is 0.270 e. The van der Waals surface area contributed by atoms with Gasteiger partial charge in [-0.25, -0.2) is 9.50 Å². The largest absolute Gasteiger partial charge is 0.382 e. The first-order valence-electron chi connectivity index (χ1n) is 7.78. The molecule has 0 saturated heterocycles. The number of hydrogen-bond donors (Lipinski definition) is 2. The van der Waals surface area contributed by atoms with Gasteiger partial charge >= 0.3 is 0 Å². The van der Waals surface area contributed by atoms with Crippen molar-refractivity contribution < 1.29 is 4.79 Å². The molecule has 3 aromatic rings. The third-order valence-corrected chi connectivity index (χ3v) is 3.50. The molecule has 8 nitrogen and oxygen atoms in total. The lowest BCUT2D eigenvalue weighted by molar-refractivity contribution is 0.0950. The fourth-order valence-electron chi connectivity index (χ4n) is 2.30. The molecular formula is C16H19N7O. The fourth-order valence-corrected chi connectivity index (χ4v) is 2.30. The Bertz CT molecular complexity index is 829. The van der Waals surface area contributed by atoms with Crippen molar-refractivity contribution >= 4 is 17.4 Å². The predicted molar refractivity (Wildman–Crippen MR) is 89.9 cm³/mol. The standard InChI is InChI=1S/C16H19N7O/c1-11(2)14-8-13(22-16-20-10-21-23(14)16)15(24)19-7-6-18-12-4-3-5-17-9-12/h3-5,8-11,18H,6-7H2,1-2H3,(H,19,24). The Labute approximate surface area is 139 Å². The summed E-state index contributed by atoms with van der Waals surface area (Å²) < 4.78 is 1.66. The lowest BCUT2D eigenvalue weighted by Gasteiger charge is -2.10. The summed E-state index contributed by atoms with van der Waals surface area (Å²) in [5.41, 5.74) is 2.16. The van der Waals surface area contributed by atoms with Crippen molar-refractivity contribution in [2.24, 2.45) is 0 Å². The van der Waals surface area contributed by atoms with Gasteiger partial charge in [0.2, 0.25) is 0 Å². The summed E-state index contributed by atoms with van der Waals surface area (Å²) in [5, 5.41) is 10.2. The fraction of sp³-hybridized carbons (Fsp3) is 0.312. The van der Waals surface area contributed by atoms with Crippen LogP contribution in [0.15, 0.2) is 36.9 Å². The van der Waals surface area contributed by atoms with Crippen LogP contribution in [-0.2, 0) is 0 Å². The van der Waals surface area contributed by atoms with Crippen LogP contribution in [0, 0.1) is 0 Å². The summed E-state index contributed by atoms with van der Waals surface area (Å²) in [7, 11) is 0. The van der Waals surface area contributed by atoms with Crippen molar-refractivity contribution in [3.8, 4) is 0 Å². The van der Waals surface area contributed by atoms with E-state index in [1.165, 1.54) is 6.33 Å². The highest BCUT2D eigenvalue weighted by Crippen LogP contribution is 2.15. The first-order valence-corrected chi connectivity index (χ1v) is 7.78. The summed E-state index contributed by atoms with van der Waals surface area (Å²) in [4.78, 5) is 24.7. The average molecular weight is 325 g/mol. The summed E-state index contributed by atoms with van der Waals surface area (Å²) in [6, 6.07) is 5.53. The van der Waals surface area contributed by atoms with Crippen LogP contribution in [0.2, 0.25) is 0 Å². The second kappa shape index (κ2) is 7.03. The molecule has 0 unspecified atom stereocenters. The molecule has 3 aromatic heterocycles. The van der Waals surface area contributed by atoms with Gasteiger partial charge in [-0.05, 0) is 24.1 Å². The molecule has 3 heterocycles. The highest BCUT2D eigenvalue weighted by molar-refractivity contribution is 5.92. The Balaban J connectivity index is 1.63. The average Bonchev–Trinajstić information content (AvgIpc) is 3.07. The molecule has 0 atom stereocenters. The lowest BCUT2D eigenvalue weighted by Crippen LogP contribution is -2.30. The molecule has 0 aliphatic heterocycles. The van der Waals surface area contributed by atoms with Crippen molar-refractivity contribution in [1.82, 2.24) is 29.9 Å². The summed E-state index contributed by atoms with van der Waals surface area (Å²) in [5.74, 6) is 0.409. The lowest BCUT2D eigenvalue weighted by atomic mass is 10.1. The van der Waals surface area contributed by atoms with E-state index in [1.54, 1.807) is 23.0 Å². The Morgan fingerprint density at radius 1 is 1.33 bits per heavy atom. The van der Waals surface area contributed by atoms with E-state index < -0.39 is 0 Å². The molecule has 1 amide bonds. The van der Waals surface area contributed by atoms with Crippen LogP contribution in [0.4, 0.5) is 5.69 Å². The van der Waals surface area contributed by atoms with Crippen LogP contribution in [0.1, 0.15) is 35.9 Å². The normalized spacial score (nSPS) is 11.0. The second-order valence-corrected chi connectivity index (χ2v) is 5.62. The maximum atomic E-state index is 12.3. The van der Waals surface area contributed by atoms with Gasteiger partial charge in [-0.15, -0.1) is 0 Å². The number of nitrogens with zero attached hydrogens (tertiary/aromatic N) is 5. The van der Waals surface area contributed by atoms with Crippen molar-refractivity contribution in [2.45, 2.75) is 19.8 Å². The van der Waals surface area contributed by atoms with Gasteiger partial charge < -0.3 is 10.6 Å². The van der Waals surface area contributed by atoms with Crippen LogP contribution in [-0.4, -0.2) is 43.6 Å². The number of fused-ring (bicyclic) bond motifs is 1. The van der Waals surface area contributed by atoms with Gasteiger partial charge in [0, 0.05) is 25.5 Å². The molecule has 0 aliphatic carbocycles. The zero-order chi connectivity index (χ0) is 16.9. The Hall–Kier alpha value is -3.03. The van der Waals surface area contributed by atoms with Gasteiger partial charge in [0.05, 0.1) is 11.4 Å². The molecule has 0 fully saturated rings. The monoisotopic (exact) mass is 325 g/mol. The number of carbonyl (C=O) groups excluding carboxylic acids is 1. The summed E-state index contributed by atoms with van der Waals surface area (Å²) in [6.45, 7) is 5.15. The zero-order valence-corrected chi connectivity index (χ0v) is 13.6. The van der Waals surface area contributed by atoms with Crippen LogP contribution < -0.4 is 10.6 Å². The summed E-state index contributed by atoms with van der Waals surface area (Å²) in [6.07, 6.45) is 4.89. The molecule has 0 aliphatic rings. The molecule has 0 bridgehead atoms. The minimum Gasteiger partial charge on any atom is -0.382 e. The number of amides is 1. The van der Waals surface area contributed by atoms with Gasteiger partial charge in [-0.2, -0.15) is 10.1 Å². The van der Waals surface area contributed by atoms with Crippen molar-refractivity contribution in [1.29, 1.82) is 0 Å². The molecule has 0 aromatic carbocycles. The highest BCUT2D eigenvalue weighted by atomic mass is 16.1. The second-order valence-electron chi connectivity index (χ2n) is 5.62. The number of carbonyl (C=O) groups is 1. The van der Waals surface area contributed by atoms with E-state index in [0.29, 0.717) is 24.6 Å². The molecule has 8 heteroatoms. The zero-order valence-electron chi connectivity index (χ0n) is 13.6. The highest BCUT2D eigenvalue weighted by Gasteiger charge is 2.15. The van der Waals surface area contributed by atoms with E-state index in [2.05, 4.69) is 30.7 Å². The van der Waals surface area contributed by atoms with Gasteiger partial charge in [-0.1, -0.05) is 13.8 Å². The first kappa shape index (κ1) is 15.9. The van der Waals surface area contributed by atoms with Gasteiger partial charge in [0.1, 0.15) is 12.0 Å². The minimum absolute atomic E-state index is 0.205. The SMILES string of the molecule is CC(C)c1cc(C(=O)NCCNc2cccnc2)nc2ncnn12. The molecule has 0 spiro atoms. The van der Waals surface area contributed by atoms with E-state index in [-0.39, 0.29) is 11.8 Å². The van der Waals surface area contributed by atoms with E-state index in [0.717, 1.165) is 11.4 Å². The van der Waals surface area contributed by atoms with Crippen molar-refractivity contribution in [3.63, 3.8) is 0 Å². The predicted octanol–water partition coefficient (Wildman–Crippen LogP) is 1.48. The van der Waals surface area contributed by atoms with Gasteiger partial charge in [0.25, 0.3) is 11.7 Å². The van der Waals surface area contributed by atoms with Crippen LogP contribution in [0.3, 0.4) is 0 Å². The number of anilines is 1.